The summed E-state index contributed by atoms with van der Waals surface area (Å²) < 4.78 is 32.2. The Labute approximate surface area is 126 Å². The van der Waals surface area contributed by atoms with Crippen molar-refractivity contribution < 1.29 is 13.5 Å². The predicted octanol–water partition coefficient (Wildman–Crippen LogP) is 5.34. The lowest BCUT2D eigenvalue weighted by Crippen LogP contribution is -1.96. The number of rotatable bonds is 6. The van der Waals surface area contributed by atoms with Gasteiger partial charge in [0.25, 0.3) is 0 Å². The molecule has 0 aromatic heterocycles. The maximum atomic E-state index is 13.8. The quantitative estimate of drug-likeness (QED) is 0.654. The van der Waals surface area contributed by atoms with Crippen molar-refractivity contribution in [1.29, 1.82) is 0 Å². The number of hydrogen-bond acceptors (Lipinski definition) is 1. The third kappa shape index (κ3) is 5.09. The summed E-state index contributed by atoms with van der Waals surface area (Å²) in [5.74, 6) is 0.580. The van der Waals surface area contributed by atoms with Crippen molar-refractivity contribution in [2.45, 2.75) is 31.8 Å². The first-order chi connectivity index (χ1) is 10.0. The van der Waals surface area contributed by atoms with Gasteiger partial charge in [-0.2, -0.15) is 0 Å². The Kier molecular flexibility index (Phi) is 5.69. The van der Waals surface area contributed by atoms with Gasteiger partial charge in [-0.3, -0.25) is 0 Å². The highest BCUT2D eigenvalue weighted by Gasteiger charge is 2.06. The Morgan fingerprint density at radius 3 is 2.38 bits per heavy atom. The SMILES string of the molecule is CC(P)CCCc1cc(Oc2ccc(F)cc2)ccc1F. The van der Waals surface area contributed by atoms with Crippen molar-refractivity contribution in [3.05, 3.63) is 59.7 Å². The molecule has 0 aliphatic heterocycles. The van der Waals surface area contributed by atoms with Gasteiger partial charge in [0.15, 0.2) is 0 Å². The predicted molar refractivity (Wildman–Crippen MR) is 85.0 cm³/mol. The Hall–Kier alpha value is -1.47. The molecule has 0 N–H and O–H groups in total. The highest BCUT2D eigenvalue weighted by atomic mass is 31.0. The zero-order chi connectivity index (χ0) is 15.2. The van der Waals surface area contributed by atoms with E-state index in [1.165, 1.54) is 18.2 Å². The van der Waals surface area contributed by atoms with Crippen LogP contribution in [0.1, 0.15) is 25.3 Å². The summed E-state index contributed by atoms with van der Waals surface area (Å²) >= 11 is 0. The van der Waals surface area contributed by atoms with Gasteiger partial charge in [0.2, 0.25) is 0 Å². The molecule has 4 heteroatoms. The minimum Gasteiger partial charge on any atom is -0.457 e. The second kappa shape index (κ2) is 7.51. The standard InChI is InChI=1S/C17H19F2OP/c1-12(21)3-2-4-13-11-16(9-10-17(13)19)20-15-7-5-14(18)6-8-15/h5-12H,2-4,21H2,1H3. The Morgan fingerprint density at radius 2 is 1.71 bits per heavy atom. The molecule has 2 aromatic rings. The van der Waals surface area contributed by atoms with Crippen LogP contribution in [0.5, 0.6) is 11.5 Å². The van der Waals surface area contributed by atoms with Gasteiger partial charge >= 0.3 is 0 Å². The third-order valence-corrected chi connectivity index (χ3v) is 3.51. The molecule has 0 aliphatic rings. The van der Waals surface area contributed by atoms with Gasteiger partial charge in [-0.05, 0) is 72.9 Å². The molecular weight excluding hydrogens is 289 g/mol. The smallest absolute Gasteiger partial charge is 0.127 e. The van der Waals surface area contributed by atoms with Crippen molar-refractivity contribution in [2.75, 3.05) is 0 Å². The largest absolute Gasteiger partial charge is 0.457 e. The molecule has 1 nitrogen and oxygen atoms in total. The minimum atomic E-state index is -0.311. The van der Waals surface area contributed by atoms with Crippen molar-refractivity contribution in [3.63, 3.8) is 0 Å². The lowest BCUT2D eigenvalue weighted by atomic mass is 10.1. The first-order valence-corrected chi connectivity index (χ1v) is 7.68. The van der Waals surface area contributed by atoms with E-state index in [1.54, 1.807) is 24.3 Å². The number of ether oxygens (including phenoxy) is 1. The average Bonchev–Trinajstić information content (AvgIpc) is 2.44. The van der Waals surface area contributed by atoms with Crippen molar-refractivity contribution in [2.24, 2.45) is 0 Å². The zero-order valence-corrected chi connectivity index (χ0v) is 13.1. The minimum absolute atomic E-state index is 0.210. The highest BCUT2D eigenvalue weighted by Crippen LogP contribution is 2.25. The summed E-state index contributed by atoms with van der Waals surface area (Å²) in [7, 11) is 2.75. The first kappa shape index (κ1) is 15.9. The lowest BCUT2D eigenvalue weighted by molar-refractivity contribution is 0.476. The summed E-state index contributed by atoms with van der Waals surface area (Å²) in [5, 5.41) is 0. The molecule has 2 unspecified atom stereocenters. The molecule has 0 heterocycles. The van der Waals surface area contributed by atoms with Crippen LogP contribution in [0.3, 0.4) is 0 Å². The average molecular weight is 308 g/mol. The van der Waals surface area contributed by atoms with Crippen LogP contribution in [0.15, 0.2) is 42.5 Å². The van der Waals surface area contributed by atoms with Gasteiger partial charge in [-0.1, -0.05) is 6.92 Å². The van der Waals surface area contributed by atoms with Crippen LogP contribution in [0.4, 0.5) is 8.78 Å². The van der Waals surface area contributed by atoms with Crippen LogP contribution >= 0.6 is 9.24 Å². The van der Waals surface area contributed by atoms with Crippen LogP contribution in [-0.2, 0) is 6.42 Å². The summed E-state index contributed by atoms with van der Waals surface area (Å²) in [5.41, 5.74) is 1.19. The number of hydrogen-bond donors (Lipinski definition) is 0. The molecule has 0 spiro atoms. The van der Waals surface area contributed by atoms with E-state index in [0.29, 0.717) is 29.1 Å². The van der Waals surface area contributed by atoms with Crippen LogP contribution in [0.2, 0.25) is 0 Å². The number of halogens is 2. The van der Waals surface area contributed by atoms with Gasteiger partial charge in [0, 0.05) is 0 Å². The second-order valence-electron chi connectivity index (χ2n) is 5.18. The van der Waals surface area contributed by atoms with Gasteiger partial charge in [0.1, 0.15) is 23.1 Å². The highest BCUT2D eigenvalue weighted by molar-refractivity contribution is 7.17. The van der Waals surface area contributed by atoms with Crippen LogP contribution in [-0.4, -0.2) is 5.66 Å². The van der Waals surface area contributed by atoms with Crippen molar-refractivity contribution in [1.82, 2.24) is 0 Å². The molecule has 0 amide bonds. The Bertz CT molecular complexity index is 582. The second-order valence-corrected chi connectivity index (χ2v) is 6.32. The lowest BCUT2D eigenvalue weighted by Gasteiger charge is -2.09. The molecule has 0 saturated carbocycles. The van der Waals surface area contributed by atoms with Crippen molar-refractivity contribution >= 4 is 9.24 Å². The topological polar surface area (TPSA) is 9.23 Å². The summed E-state index contributed by atoms with van der Waals surface area (Å²) in [6.07, 6.45) is 2.65. The van der Waals surface area contributed by atoms with Crippen LogP contribution < -0.4 is 4.74 Å². The molecule has 0 saturated heterocycles. The molecule has 2 aromatic carbocycles. The molecule has 0 bridgehead atoms. The zero-order valence-electron chi connectivity index (χ0n) is 12.0. The van der Waals surface area contributed by atoms with E-state index in [1.807, 2.05) is 0 Å². The molecule has 112 valence electrons. The fraction of sp³-hybridized carbons (Fsp3) is 0.294. The van der Waals surface area contributed by atoms with E-state index in [-0.39, 0.29) is 11.6 Å². The maximum absolute atomic E-state index is 13.8. The van der Waals surface area contributed by atoms with Gasteiger partial charge in [-0.15, -0.1) is 9.24 Å². The van der Waals surface area contributed by atoms with Crippen LogP contribution in [0, 0.1) is 11.6 Å². The van der Waals surface area contributed by atoms with Gasteiger partial charge in [0.05, 0.1) is 0 Å². The normalized spacial score (nSPS) is 12.2. The van der Waals surface area contributed by atoms with E-state index < -0.39 is 0 Å². The van der Waals surface area contributed by atoms with E-state index >= 15 is 0 Å². The summed E-state index contributed by atoms with van der Waals surface area (Å²) in [6, 6.07) is 10.5. The van der Waals surface area contributed by atoms with E-state index in [0.717, 1.165) is 12.8 Å². The van der Waals surface area contributed by atoms with Gasteiger partial charge < -0.3 is 4.74 Å². The molecular formula is C17H19F2OP. The summed E-state index contributed by atoms with van der Waals surface area (Å²) in [6.45, 7) is 2.12. The molecule has 2 rings (SSSR count). The first-order valence-electron chi connectivity index (χ1n) is 7.02. The Balaban J connectivity index is 2.05. The fourth-order valence-electron chi connectivity index (χ4n) is 2.06. The molecule has 2 atom stereocenters. The number of aryl methyl sites for hydroxylation is 1. The number of benzene rings is 2. The molecule has 0 radical (unpaired) electrons. The Morgan fingerprint density at radius 1 is 1.05 bits per heavy atom. The van der Waals surface area contributed by atoms with Gasteiger partial charge in [-0.25, -0.2) is 8.78 Å². The third-order valence-electron chi connectivity index (χ3n) is 3.17. The van der Waals surface area contributed by atoms with Crippen LogP contribution in [0.25, 0.3) is 0 Å². The molecule has 0 fully saturated rings. The van der Waals surface area contributed by atoms with Crippen molar-refractivity contribution in [3.8, 4) is 11.5 Å². The fourth-order valence-corrected chi connectivity index (χ4v) is 2.30. The molecule has 21 heavy (non-hydrogen) atoms. The van der Waals surface area contributed by atoms with E-state index in [2.05, 4.69) is 16.2 Å². The summed E-state index contributed by atoms with van der Waals surface area (Å²) in [4.78, 5) is 0. The monoisotopic (exact) mass is 308 g/mol. The maximum Gasteiger partial charge on any atom is 0.127 e. The molecule has 0 aliphatic carbocycles. The van der Waals surface area contributed by atoms with E-state index in [9.17, 15) is 8.78 Å². The van der Waals surface area contributed by atoms with E-state index in [4.69, 9.17) is 4.74 Å².